The molecule has 1 aromatic carbocycles. The molecule has 0 saturated heterocycles. The van der Waals surface area contributed by atoms with E-state index >= 15 is 0 Å². The second-order valence-electron chi connectivity index (χ2n) is 9.15. The third-order valence-corrected chi connectivity index (χ3v) is 5.21. The van der Waals surface area contributed by atoms with Crippen molar-refractivity contribution < 1.29 is 28.9 Å². The van der Waals surface area contributed by atoms with Crippen LogP contribution in [0.2, 0.25) is 0 Å². The van der Waals surface area contributed by atoms with Gasteiger partial charge in [0.2, 0.25) is 5.91 Å². The molecule has 1 heterocycles. The van der Waals surface area contributed by atoms with Crippen LogP contribution in [0.3, 0.4) is 0 Å². The number of rotatable bonds is 8. The Bertz CT molecular complexity index is 1150. The average molecular weight is 482 g/mol. The monoisotopic (exact) mass is 481 g/mol. The Morgan fingerprint density at radius 3 is 2.54 bits per heavy atom. The highest BCUT2D eigenvalue weighted by molar-refractivity contribution is 5.91. The van der Waals surface area contributed by atoms with Crippen molar-refractivity contribution in [3.05, 3.63) is 60.1 Å². The van der Waals surface area contributed by atoms with Gasteiger partial charge in [-0.2, -0.15) is 0 Å². The molecule has 9 nitrogen and oxygen atoms in total. The van der Waals surface area contributed by atoms with Crippen molar-refractivity contribution in [1.82, 2.24) is 9.97 Å². The van der Waals surface area contributed by atoms with Gasteiger partial charge in [-0.1, -0.05) is 18.2 Å². The minimum absolute atomic E-state index is 0.0532. The van der Waals surface area contributed by atoms with E-state index < -0.39 is 23.1 Å². The van der Waals surface area contributed by atoms with E-state index in [1.54, 1.807) is 53.2 Å². The van der Waals surface area contributed by atoms with Crippen molar-refractivity contribution in [2.45, 2.75) is 51.2 Å². The van der Waals surface area contributed by atoms with Gasteiger partial charge in [0, 0.05) is 12.8 Å². The third kappa shape index (κ3) is 6.89. The minimum Gasteiger partial charge on any atom is -0.493 e. The lowest BCUT2D eigenvalue weighted by Crippen LogP contribution is -2.27. The van der Waals surface area contributed by atoms with E-state index in [9.17, 15) is 14.7 Å². The van der Waals surface area contributed by atoms with Crippen LogP contribution in [0.4, 0.5) is 5.82 Å². The number of carbonyl (C=O) groups excluding carboxylic acids is 2. The summed E-state index contributed by atoms with van der Waals surface area (Å²) in [5.74, 6) is 0.517. The number of esters is 1. The maximum Gasteiger partial charge on any atom is 0.306 e. The van der Waals surface area contributed by atoms with E-state index in [4.69, 9.17) is 14.2 Å². The summed E-state index contributed by atoms with van der Waals surface area (Å²) in [6.45, 7) is 5.30. The summed E-state index contributed by atoms with van der Waals surface area (Å²) < 4.78 is 15.9. The minimum atomic E-state index is -1.43. The maximum atomic E-state index is 12.3. The lowest BCUT2D eigenvalue weighted by Gasteiger charge is -2.28. The van der Waals surface area contributed by atoms with Crippen LogP contribution in [-0.4, -0.2) is 46.8 Å². The van der Waals surface area contributed by atoms with Gasteiger partial charge in [-0.3, -0.25) is 14.6 Å². The zero-order valence-corrected chi connectivity index (χ0v) is 20.6. The molecule has 0 fully saturated rings. The van der Waals surface area contributed by atoms with Crippen LogP contribution in [-0.2, 0) is 19.9 Å². The summed E-state index contributed by atoms with van der Waals surface area (Å²) in [5.41, 5.74) is -0.0264. The van der Waals surface area contributed by atoms with Crippen LogP contribution in [0.25, 0.3) is 5.57 Å². The number of hydrogen-bond acceptors (Lipinski definition) is 8. The standard InChI is InChI=1S/C26H31N3O6/c1-25(2,3)35-24(31)11-10-23(30)29-22-16-27-15-21(28-22)26(32)12-6-7-18(14-26)17-8-9-19(33-4)20(13-17)34-5/h6-9,12-13,15-16,32H,10-11,14H2,1-5H3,(H,28,29,30)/t26-/m0/s1. The van der Waals surface area contributed by atoms with Crippen LogP contribution in [0.1, 0.15) is 51.3 Å². The molecule has 0 saturated carbocycles. The largest absolute Gasteiger partial charge is 0.493 e. The Kier molecular flexibility index (Phi) is 7.91. The topological polar surface area (TPSA) is 120 Å². The number of nitrogens with one attached hydrogen (secondary N) is 1. The van der Waals surface area contributed by atoms with E-state index in [0.29, 0.717) is 11.5 Å². The lowest BCUT2D eigenvalue weighted by molar-refractivity contribution is -0.155. The predicted octanol–water partition coefficient (Wildman–Crippen LogP) is 3.79. The van der Waals surface area contributed by atoms with Crippen LogP contribution < -0.4 is 14.8 Å². The number of anilines is 1. The van der Waals surface area contributed by atoms with Gasteiger partial charge in [0.15, 0.2) is 17.3 Å². The Balaban J connectivity index is 1.70. The fourth-order valence-corrected chi connectivity index (χ4v) is 3.59. The van der Waals surface area contributed by atoms with Crippen LogP contribution in [0.5, 0.6) is 11.5 Å². The van der Waals surface area contributed by atoms with Crippen molar-refractivity contribution in [2.24, 2.45) is 0 Å². The van der Waals surface area contributed by atoms with Crippen molar-refractivity contribution in [3.63, 3.8) is 0 Å². The Morgan fingerprint density at radius 2 is 1.86 bits per heavy atom. The maximum absolute atomic E-state index is 12.3. The van der Waals surface area contributed by atoms with Gasteiger partial charge in [-0.05, 0) is 50.1 Å². The number of aliphatic hydroxyl groups is 1. The first-order valence-electron chi connectivity index (χ1n) is 11.2. The number of methoxy groups -OCH3 is 2. The molecule has 9 heteroatoms. The van der Waals surface area contributed by atoms with Gasteiger partial charge in [0.25, 0.3) is 0 Å². The van der Waals surface area contributed by atoms with E-state index in [0.717, 1.165) is 11.1 Å². The second kappa shape index (κ2) is 10.7. The second-order valence-corrected chi connectivity index (χ2v) is 9.15. The smallest absolute Gasteiger partial charge is 0.306 e. The van der Waals surface area contributed by atoms with Gasteiger partial charge >= 0.3 is 5.97 Å². The molecule has 1 aliphatic carbocycles. The molecule has 0 aliphatic heterocycles. The number of amides is 1. The summed E-state index contributed by atoms with van der Waals surface area (Å²) in [7, 11) is 3.14. The highest BCUT2D eigenvalue weighted by Gasteiger charge is 2.32. The van der Waals surface area contributed by atoms with Crippen molar-refractivity contribution in [1.29, 1.82) is 0 Å². The summed E-state index contributed by atoms with van der Waals surface area (Å²) >= 11 is 0. The molecule has 1 amide bonds. The number of nitrogens with zero attached hydrogens (tertiary/aromatic N) is 2. The van der Waals surface area contributed by atoms with Gasteiger partial charge in [0.1, 0.15) is 11.2 Å². The molecule has 1 atom stereocenters. The molecule has 1 aliphatic rings. The van der Waals surface area contributed by atoms with Crippen molar-refractivity contribution in [3.8, 4) is 11.5 Å². The molecule has 0 unspecified atom stereocenters. The van der Waals surface area contributed by atoms with Crippen LogP contribution >= 0.6 is 0 Å². The van der Waals surface area contributed by atoms with E-state index in [1.807, 2.05) is 18.2 Å². The first kappa shape index (κ1) is 25.9. The van der Waals surface area contributed by atoms with Crippen LogP contribution in [0, 0.1) is 0 Å². The molecule has 1 aromatic heterocycles. The molecule has 0 spiro atoms. The molecule has 2 aromatic rings. The van der Waals surface area contributed by atoms with Crippen LogP contribution in [0.15, 0.2) is 48.8 Å². The highest BCUT2D eigenvalue weighted by Crippen LogP contribution is 2.39. The number of allylic oxidation sites excluding steroid dienone is 2. The summed E-state index contributed by atoms with van der Waals surface area (Å²) in [6, 6.07) is 5.54. The lowest BCUT2D eigenvalue weighted by atomic mass is 9.84. The third-order valence-electron chi connectivity index (χ3n) is 5.21. The molecular formula is C26H31N3O6. The zero-order valence-electron chi connectivity index (χ0n) is 20.6. The Morgan fingerprint density at radius 1 is 1.11 bits per heavy atom. The SMILES string of the molecule is COc1ccc(C2=CC=C[C@@](O)(c3cncc(NC(=O)CCC(=O)OC(C)(C)C)n3)C2)cc1OC. The molecule has 0 bridgehead atoms. The zero-order chi connectivity index (χ0) is 25.6. The molecular weight excluding hydrogens is 450 g/mol. The molecule has 2 N–H and O–H groups in total. The summed E-state index contributed by atoms with van der Waals surface area (Å²) in [6.07, 6.45) is 8.27. The number of benzene rings is 1. The number of carbonyl (C=O) groups is 2. The van der Waals surface area contributed by atoms with E-state index in [2.05, 4.69) is 15.3 Å². The van der Waals surface area contributed by atoms with Gasteiger partial charge in [-0.25, -0.2) is 4.98 Å². The van der Waals surface area contributed by atoms with Gasteiger partial charge in [0.05, 0.1) is 38.7 Å². The molecule has 186 valence electrons. The predicted molar refractivity (Wildman–Crippen MR) is 131 cm³/mol. The Hall–Kier alpha value is -3.72. The molecule has 3 rings (SSSR count). The van der Waals surface area contributed by atoms with Gasteiger partial charge in [-0.15, -0.1) is 0 Å². The van der Waals surface area contributed by atoms with Crippen molar-refractivity contribution in [2.75, 3.05) is 19.5 Å². The van der Waals surface area contributed by atoms with Crippen molar-refractivity contribution >= 4 is 23.3 Å². The van der Waals surface area contributed by atoms with E-state index in [1.165, 1.54) is 12.4 Å². The van der Waals surface area contributed by atoms with E-state index in [-0.39, 0.29) is 30.8 Å². The summed E-state index contributed by atoms with van der Waals surface area (Å²) in [5, 5.41) is 14.0. The molecule has 35 heavy (non-hydrogen) atoms. The summed E-state index contributed by atoms with van der Waals surface area (Å²) in [4.78, 5) is 32.7. The quantitative estimate of drug-likeness (QED) is 0.547. The normalized spacial score (nSPS) is 17.4. The fourth-order valence-electron chi connectivity index (χ4n) is 3.59. The number of aromatic nitrogens is 2. The Labute approximate surface area is 204 Å². The number of ether oxygens (including phenoxy) is 3. The van der Waals surface area contributed by atoms with Gasteiger partial charge < -0.3 is 24.6 Å². The fraction of sp³-hybridized carbons (Fsp3) is 0.385. The highest BCUT2D eigenvalue weighted by atomic mass is 16.6. The average Bonchev–Trinajstić information content (AvgIpc) is 2.81. The first-order valence-corrected chi connectivity index (χ1v) is 11.2. The first-order chi connectivity index (χ1) is 16.5. The molecule has 0 radical (unpaired) electrons. The number of hydrogen-bond donors (Lipinski definition) is 2.